The van der Waals surface area contributed by atoms with E-state index in [9.17, 15) is 0 Å². The van der Waals surface area contributed by atoms with E-state index in [0.29, 0.717) is 11.2 Å². The summed E-state index contributed by atoms with van der Waals surface area (Å²) in [6.45, 7) is 9.30. The molecule has 0 aromatic carbocycles. The van der Waals surface area contributed by atoms with Gasteiger partial charge >= 0.3 is 0 Å². The highest BCUT2D eigenvalue weighted by atomic mass is 35.5. The van der Waals surface area contributed by atoms with Crippen LogP contribution in [0, 0.1) is 6.92 Å². The first kappa shape index (κ1) is 12.2. The summed E-state index contributed by atoms with van der Waals surface area (Å²) in [4.78, 5) is 10.8. The Morgan fingerprint density at radius 3 is 2.53 bits per heavy atom. The second-order valence-electron chi connectivity index (χ2n) is 3.92. The van der Waals surface area contributed by atoms with E-state index >= 15 is 0 Å². The zero-order valence-corrected chi connectivity index (χ0v) is 10.5. The molecule has 0 aliphatic heterocycles. The molecule has 1 aromatic heterocycles. The van der Waals surface area contributed by atoms with Crippen LogP contribution in [0.25, 0.3) is 0 Å². The first-order valence-corrected chi connectivity index (χ1v) is 5.70. The molecule has 3 nitrogen and oxygen atoms in total. The van der Waals surface area contributed by atoms with Gasteiger partial charge < -0.3 is 4.90 Å². The lowest BCUT2D eigenvalue weighted by Gasteiger charge is -2.26. The molecule has 0 saturated carbocycles. The van der Waals surface area contributed by atoms with E-state index in [1.54, 1.807) is 6.07 Å². The van der Waals surface area contributed by atoms with Crippen molar-refractivity contribution in [2.24, 2.45) is 0 Å². The second kappa shape index (κ2) is 5.31. The van der Waals surface area contributed by atoms with Crippen molar-refractivity contribution in [3.05, 3.63) is 16.9 Å². The van der Waals surface area contributed by atoms with Gasteiger partial charge in [0.2, 0.25) is 5.95 Å². The fourth-order valence-corrected chi connectivity index (χ4v) is 1.71. The number of anilines is 1. The van der Waals surface area contributed by atoms with Crippen LogP contribution in [0.1, 0.15) is 32.9 Å². The quantitative estimate of drug-likeness (QED) is 0.741. The predicted molar refractivity (Wildman–Crippen MR) is 64.6 cm³/mol. The maximum atomic E-state index is 5.92. The minimum Gasteiger partial charge on any atom is -0.338 e. The Bertz CT molecular complexity index is 305. The molecule has 4 heteroatoms. The molecular formula is C11H18ClN3. The van der Waals surface area contributed by atoms with Crippen LogP contribution in [0.2, 0.25) is 5.15 Å². The Morgan fingerprint density at radius 2 is 2.07 bits per heavy atom. The van der Waals surface area contributed by atoms with Gasteiger partial charge in [-0.1, -0.05) is 18.5 Å². The zero-order chi connectivity index (χ0) is 11.4. The number of aryl methyl sites for hydroxylation is 1. The van der Waals surface area contributed by atoms with Gasteiger partial charge in [-0.15, -0.1) is 0 Å². The maximum Gasteiger partial charge on any atom is 0.227 e. The third kappa shape index (κ3) is 3.34. The van der Waals surface area contributed by atoms with Gasteiger partial charge in [-0.05, 0) is 33.3 Å². The van der Waals surface area contributed by atoms with Crippen molar-refractivity contribution >= 4 is 17.5 Å². The van der Waals surface area contributed by atoms with Crippen molar-refractivity contribution in [3.63, 3.8) is 0 Å². The van der Waals surface area contributed by atoms with E-state index < -0.39 is 0 Å². The summed E-state index contributed by atoms with van der Waals surface area (Å²) < 4.78 is 0. The topological polar surface area (TPSA) is 29.0 Å². The van der Waals surface area contributed by atoms with Gasteiger partial charge in [-0.25, -0.2) is 9.97 Å². The summed E-state index contributed by atoms with van der Waals surface area (Å²) in [7, 11) is 0. The average Bonchev–Trinajstić information content (AvgIpc) is 2.11. The number of hydrogen-bond donors (Lipinski definition) is 0. The monoisotopic (exact) mass is 227 g/mol. The standard InChI is InChI=1S/C11H18ClN3/c1-5-6-15(8(2)3)11-13-9(4)7-10(12)14-11/h7-8H,5-6H2,1-4H3. The van der Waals surface area contributed by atoms with Crippen molar-refractivity contribution < 1.29 is 0 Å². The second-order valence-corrected chi connectivity index (χ2v) is 4.31. The molecule has 0 saturated heterocycles. The van der Waals surface area contributed by atoms with E-state index in [-0.39, 0.29) is 0 Å². The summed E-state index contributed by atoms with van der Waals surface area (Å²) in [5.41, 5.74) is 0.909. The van der Waals surface area contributed by atoms with Gasteiger partial charge in [0.15, 0.2) is 0 Å². The Hall–Kier alpha value is -0.830. The van der Waals surface area contributed by atoms with Crippen molar-refractivity contribution in [2.75, 3.05) is 11.4 Å². The number of aromatic nitrogens is 2. The zero-order valence-electron chi connectivity index (χ0n) is 9.79. The normalized spacial score (nSPS) is 10.8. The smallest absolute Gasteiger partial charge is 0.227 e. The average molecular weight is 228 g/mol. The van der Waals surface area contributed by atoms with Crippen LogP contribution in [0.3, 0.4) is 0 Å². The molecule has 0 aliphatic carbocycles. The molecule has 0 bridgehead atoms. The molecular weight excluding hydrogens is 210 g/mol. The molecule has 1 aromatic rings. The van der Waals surface area contributed by atoms with Gasteiger partial charge in [-0.3, -0.25) is 0 Å². The van der Waals surface area contributed by atoms with Crippen LogP contribution in [-0.4, -0.2) is 22.6 Å². The number of rotatable bonds is 4. The van der Waals surface area contributed by atoms with Gasteiger partial charge in [-0.2, -0.15) is 0 Å². The highest BCUT2D eigenvalue weighted by Gasteiger charge is 2.13. The van der Waals surface area contributed by atoms with Gasteiger partial charge in [0.05, 0.1) is 0 Å². The van der Waals surface area contributed by atoms with Crippen LogP contribution < -0.4 is 4.90 Å². The molecule has 84 valence electrons. The van der Waals surface area contributed by atoms with E-state index in [2.05, 4.69) is 35.6 Å². The van der Waals surface area contributed by atoms with Gasteiger partial charge in [0, 0.05) is 18.3 Å². The molecule has 1 rings (SSSR count). The fourth-order valence-electron chi connectivity index (χ4n) is 1.47. The van der Waals surface area contributed by atoms with Crippen molar-refractivity contribution in [1.82, 2.24) is 9.97 Å². The highest BCUT2D eigenvalue weighted by molar-refractivity contribution is 6.29. The summed E-state index contributed by atoms with van der Waals surface area (Å²) in [6.07, 6.45) is 1.08. The largest absolute Gasteiger partial charge is 0.338 e. The SMILES string of the molecule is CCCN(c1nc(C)cc(Cl)n1)C(C)C. The minimum atomic E-state index is 0.391. The van der Waals surface area contributed by atoms with Gasteiger partial charge in [0.25, 0.3) is 0 Å². The number of nitrogens with zero attached hydrogens (tertiary/aromatic N) is 3. The Kier molecular flexibility index (Phi) is 4.33. The Labute approximate surface area is 96.5 Å². The molecule has 0 fully saturated rings. The molecule has 0 radical (unpaired) electrons. The lowest BCUT2D eigenvalue weighted by molar-refractivity contribution is 0.650. The van der Waals surface area contributed by atoms with Crippen LogP contribution in [-0.2, 0) is 0 Å². The lowest BCUT2D eigenvalue weighted by atomic mass is 10.3. The van der Waals surface area contributed by atoms with E-state index in [1.165, 1.54) is 0 Å². The summed E-state index contributed by atoms with van der Waals surface area (Å²) in [6, 6.07) is 2.16. The molecule has 15 heavy (non-hydrogen) atoms. The molecule has 1 heterocycles. The third-order valence-electron chi connectivity index (χ3n) is 2.16. The molecule has 0 unspecified atom stereocenters. The fraction of sp³-hybridized carbons (Fsp3) is 0.636. The molecule has 0 spiro atoms. The summed E-state index contributed by atoms with van der Waals surface area (Å²) in [5.74, 6) is 0.733. The number of hydrogen-bond acceptors (Lipinski definition) is 3. The molecule has 0 N–H and O–H groups in total. The highest BCUT2D eigenvalue weighted by Crippen LogP contribution is 2.16. The number of halogens is 1. The van der Waals surface area contributed by atoms with Crippen molar-refractivity contribution in [1.29, 1.82) is 0 Å². The van der Waals surface area contributed by atoms with Crippen LogP contribution in [0.15, 0.2) is 6.07 Å². The maximum absolute atomic E-state index is 5.92. The van der Waals surface area contributed by atoms with Crippen LogP contribution in [0.4, 0.5) is 5.95 Å². The molecule has 0 aliphatic rings. The van der Waals surface area contributed by atoms with Crippen LogP contribution in [0.5, 0.6) is 0 Å². The molecule has 0 amide bonds. The van der Waals surface area contributed by atoms with Crippen molar-refractivity contribution in [2.45, 2.75) is 40.2 Å². The van der Waals surface area contributed by atoms with E-state index in [1.807, 2.05) is 6.92 Å². The minimum absolute atomic E-state index is 0.391. The summed E-state index contributed by atoms with van der Waals surface area (Å²) >= 11 is 5.92. The molecule has 0 atom stereocenters. The summed E-state index contributed by atoms with van der Waals surface area (Å²) in [5, 5.41) is 0.513. The van der Waals surface area contributed by atoms with Crippen molar-refractivity contribution in [3.8, 4) is 0 Å². The predicted octanol–water partition coefficient (Wildman–Crippen LogP) is 3.06. The van der Waals surface area contributed by atoms with E-state index in [0.717, 1.165) is 24.6 Å². The van der Waals surface area contributed by atoms with E-state index in [4.69, 9.17) is 11.6 Å². The third-order valence-corrected chi connectivity index (χ3v) is 2.35. The van der Waals surface area contributed by atoms with Gasteiger partial charge in [0.1, 0.15) is 5.15 Å². The first-order valence-electron chi connectivity index (χ1n) is 5.32. The first-order chi connectivity index (χ1) is 7.04. The van der Waals surface area contributed by atoms with Crippen LogP contribution >= 0.6 is 11.6 Å². The Balaban J connectivity index is 2.99. The lowest BCUT2D eigenvalue weighted by Crippen LogP contribution is -2.33. The Morgan fingerprint density at radius 1 is 1.40 bits per heavy atom.